The summed E-state index contributed by atoms with van der Waals surface area (Å²) in [6, 6.07) is 1.53. The van der Waals surface area contributed by atoms with E-state index in [2.05, 4.69) is 10.3 Å². The minimum absolute atomic E-state index is 0.133. The predicted octanol–water partition coefficient (Wildman–Crippen LogP) is 3.94. The van der Waals surface area contributed by atoms with E-state index >= 15 is 0 Å². The molecule has 0 saturated heterocycles. The van der Waals surface area contributed by atoms with Gasteiger partial charge in [-0.3, -0.25) is 10.1 Å². The van der Waals surface area contributed by atoms with Crippen molar-refractivity contribution in [2.75, 3.05) is 5.32 Å². The number of rotatable bonds is 2. The molecule has 0 saturated carbocycles. The maximum atomic E-state index is 13.1. The van der Waals surface area contributed by atoms with Crippen LogP contribution in [-0.2, 0) is 0 Å². The monoisotopic (exact) mass is 302 g/mol. The Bertz CT molecular complexity index is 638. The first-order valence-electron chi connectivity index (χ1n) is 5.28. The van der Waals surface area contributed by atoms with Gasteiger partial charge >= 0.3 is 0 Å². The van der Waals surface area contributed by atoms with Crippen LogP contribution >= 0.6 is 22.9 Å². The molecule has 1 amide bonds. The van der Waals surface area contributed by atoms with E-state index in [0.717, 1.165) is 22.7 Å². The molecule has 0 aliphatic rings. The second-order valence-electron chi connectivity index (χ2n) is 3.86. The summed E-state index contributed by atoms with van der Waals surface area (Å²) in [7, 11) is 0. The number of halogens is 3. The fourth-order valence-corrected chi connectivity index (χ4v) is 2.43. The molecule has 1 heterocycles. The molecule has 0 aliphatic carbocycles. The third kappa shape index (κ3) is 2.90. The number of anilines is 1. The molecule has 1 aromatic heterocycles. The summed E-state index contributed by atoms with van der Waals surface area (Å²) in [4.78, 5) is 17.0. The molecular formula is C12H9ClF2N2OS. The first-order valence-corrected chi connectivity index (χ1v) is 6.48. The molecule has 2 rings (SSSR count). The van der Waals surface area contributed by atoms with E-state index in [1.165, 1.54) is 11.3 Å². The zero-order valence-electron chi connectivity index (χ0n) is 10.1. The summed E-state index contributed by atoms with van der Waals surface area (Å²) in [5.41, 5.74) is 0.669. The van der Waals surface area contributed by atoms with Crippen LogP contribution in [0.3, 0.4) is 0 Å². The van der Waals surface area contributed by atoms with Crippen molar-refractivity contribution in [2.45, 2.75) is 13.8 Å². The Morgan fingerprint density at radius 2 is 1.95 bits per heavy atom. The summed E-state index contributed by atoms with van der Waals surface area (Å²) < 4.78 is 26.0. The van der Waals surface area contributed by atoms with Gasteiger partial charge in [0.05, 0.1) is 16.3 Å². The Balaban J connectivity index is 2.27. The molecule has 1 N–H and O–H groups in total. The Labute approximate surface area is 117 Å². The van der Waals surface area contributed by atoms with E-state index in [-0.39, 0.29) is 10.6 Å². The summed E-state index contributed by atoms with van der Waals surface area (Å²) in [6.45, 7) is 3.68. The molecule has 0 bridgehead atoms. The van der Waals surface area contributed by atoms with Gasteiger partial charge in [-0.25, -0.2) is 13.8 Å². The minimum atomic E-state index is -1.12. The number of hydrogen-bond acceptors (Lipinski definition) is 3. The van der Waals surface area contributed by atoms with E-state index in [1.54, 1.807) is 0 Å². The summed E-state index contributed by atoms with van der Waals surface area (Å²) in [5.74, 6) is -2.85. The van der Waals surface area contributed by atoms with Crippen LogP contribution in [0.2, 0.25) is 5.02 Å². The van der Waals surface area contributed by atoms with Gasteiger partial charge in [-0.2, -0.15) is 0 Å². The number of carbonyl (C=O) groups is 1. The lowest BCUT2D eigenvalue weighted by molar-refractivity contribution is 0.102. The number of thiazole rings is 1. The number of aryl methyl sites for hydroxylation is 2. The molecule has 0 spiro atoms. The van der Waals surface area contributed by atoms with Crippen LogP contribution in [0.15, 0.2) is 12.1 Å². The quantitative estimate of drug-likeness (QED) is 0.854. The normalized spacial score (nSPS) is 10.6. The van der Waals surface area contributed by atoms with Crippen molar-refractivity contribution < 1.29 is 13.6 Å². The van der Waals surface area contributed by atoms with E-state index in [1.807, 2.05) is 13.8 Å². The lowest BCUT2D eigenvalue weighted by Crippen LogP contribution is -2.13. The fourth-order valence-electron chi connectivity index (χ4n) is 1.39. The third-order valence-electron chi connectivity index (χ3n) is 2.50. The topological polar surface area (TPSA) is 42.0 Å². The van der Waals surface area contributed by atoms with Gasteiger partial charge in [-0.05, 0) is 26.0 Å². The van der Waals surface area contributed by atoms with Crippen molar-refractivity contribution in [3.8, 4) is 0 Å². The van der Waals surface area contributed by atoms with Crippen LogP contribution in [-0.4, -0.2) is 10.9 Å². The molecule has 19 heavy (non-hydrogen) atoms. The van der Waals surface area contributed by atoms with Gasteiger partial charge < -0.3 is 0 Å². The van der Waals surface area contributed by atoms with Gasteiger partial charge in [0.15, 0.2) is 16.8 Å². The van der Waals surface area contributed by atoms with E-state index in [9.17, 15) is 13.6 Å². The van der Waals surface area contributed by atoms with E-state index in [4.69, 9.17) is 11.6 Å². The average Bonchev–Trinajstić information content (AvgIpc) is 2.62. The third-order valence-corrected chi connectivity index (χ3v) is 3.80. The lowest BCUT2D eigenvalue weighted by atomic mass is 10.2. The average molecular weight is 303 g/mol. The summed E-state index contributed by atoms with van der Waals surface area (Å²) >= 11 is 7.01. The van der Waals surface area contributed by atoms with Crippen molar-refractivity contribution >= 4 is 34.0 Å². The van der Waals surface area contributed by atoms with Crippen molar-refractivity contribution in [3.05, 3.63) is 44.9 Å². The number of nitrogens with one attached hydrogen (secondary N) is 1. The predicted molar refractivity (Wildman–Crippen MR) is 70.9 cm³/mol. The largest absolute Gasteiger partial charge is 0.298 e. The van der Waals surface area contributed by atoms with Crippen LogP contribution in [0.25, 0.3) is 0 Å². The van der Waals surface area contributed by atoms with Gasteiger partial charge in [-0.1, -0.05) is 11.6 Å². The Morgan fingerprint density at radius 1 is 1.32 bits per heavy atom. The van der Waals surface area contributed by atoms with Crippen molar-refractivity contribution in [3.63, 3.8) is 0 Å². The van der Waals surface area contributed by atoms with Gasteiger partial charge in [0, 0.05) is 4.88 Å². The van der Waals surface area contributed by atoms with Crippen LogP contribution in [0, 0.1) is 25.5 Å². The molecule has 100 valence electrons. The van der Waals surface area contributed by atoms with Gasteiger partial charge in [0.2, 0.25) is 0 Å². The molecule has 0 unspecified atom stereocenters. The highest BCUT2D eigenvalue weighted by Gasteiger charge is 2.16. The molecule has 0 atom stereocenters. The number of amides is 1. The lowest BCUT2D eigenvalue weighted by Gasteiger charge is -2.04. The molecule has 7 heteroatoms. The second kappa shape index (κ2) is 5.22. The van der Waals surface area contributed by atoms with Gasteiger partial charge in [-0.15, -0.1) is 11.3 Å². The Kier molecular flexibility index (Phi) is 3.82. The number of hydrogen-bond donors (Lipinski definition) is 1. The zero-order valence-corrected chi connectivity index (χ0v) is 11.6. The van der Waals surface area contributed by atoms with E-state index < -0.39 is 17.5 Å². The number of benzene rings is 1. The van der Waals surface area contributed by atoms with Crippen molar-refractivity contribution in [2.24, 2.45) is 0 Å². The summed E-state index contributed by atoms with van der Waals surface area (Å²) in [6.07, 6.45) is 0. The Hall–Kier alpha value is -1.53. The molecule has 1 aromatic carbocycles. The zero-order chi connectivity index (χ0) is 14.2. The van der Waals surface area contributed by atoms with Crippen molar-refractivity contribution in [1.29, 1.82) is 0 Å². The summed E-state index contributed by atoms with van der Waals surface area (Å²) in [5, 5.41) is 2.74. The smallest absolute Gasteiger partial charge is 0.259 e. The van der Waals surface area contributed by atoms with Gasteiger partial charge in [0.25, 0.3) is 5.91 Å². The highest BCUT2D eigenvalue weighted by molar-refractivity contribution is 7.15. The highest BCUT2D eigenvalue weighted by atomic mass is 35.5. The maximum Gasteiger partial charge on any atom is 0.259 e. The fraction of sp³-hybridized carbons (Fsp3) is 0.167. The minimum Gasteiger partial charge on any atom is -0.298 e. The number of aromatic nitrogens is 1. The van der Waals surface area contributed by atoms with Crippen LogP contribution in [0.1, 0.15) is 20.9 Å². The molecule has 3 nitrogen and oxygen atoms in total. The maximum absolute atomic E-state index is 13.1. The Morgan fingerprint density at radius 3 is 2.53 bits per heavy atom. The van der Waals surface area contributed by atoms with E-state index in [0.29, 0.717) is 5.13 Å². The first-order chi connectivity index (χ1) is 8.88. The standard InChI is InChI=1S/C12H9ClF2N2OS/c1-5-6(2)19-12(16-5)17-11(18)7-3-9(14)10(15)4-8(7)13/h3-4H,1-2H3,(H,16,17,18). The molecule has 2 aromatic rings. The molecule has 0 radical (unpaired) electrons. The molecular weight excluding hydrogens is 294 g/mol. The van der Waals surface area contributed by atoms with Crippen molar-refractivity contribution in [1.82, 2.24) is 4.98 Å². The molecule has 0 aliphatic heterocycles. The SMILES string of the molecule is Cc1nc(NC(=O)c2cc(F)c(F)cc2Cl)sc1C. The number of carbonyl (C=O) groups excluding carboxylic acids is 1. The highest BCUT2D eigenvalue weighted by Crippen LogP contribution is 2.24. The van der Waals surface area contributed by atoms with Crippen LogP contribution in [0.5, 0.6) is 0 Å². The first kappa shape index (κ1) is 13.9. The number of nitrogens with zero attached hydrogens (tertiary/aromatic N) is 1. The van der Waals surface area contributed by atoms with Gasteiger partial charge in [0.1, 0.15) is 0 Å². The van der Waals surface area contributed by atoms with Crippen LogP contribution < -0.4 is 5.32 Å². The second-order valence-corrected chi connectivity index (χ2v) is 5.47. The molecule has 0 fully saturated rings. The van der Waals surface area contributed by atoms with Crippen LogP contribution in [0.4, 0.5) is 13.9 Å².